The van der Waals surface area contributed by atoms with Crippen molar-refractivity contribution in [1.29, 1.82) is 5.41 Å². The minimum absolute atomic E-state index is 0.142. The highest BCUT2D eigenvalue weighted by molar-refractivity contribution is 5.64. The fourth-order valence-corrected chi connectivity index (χ4v) is 12.2. The molecule has 0 bridgehead atoms. The van der Waals surface area contributed by atoms with Crippen LogP contribution >= 0.6 is 0 Å². The Kier molecular flexibility index (Phi) is 22.5. The average molecular weight is 781 g/mol. The predicted octanol–water partition coefficient (Wildman–Crippen LogP) is 16.2. The highest BCUT2D eigenvalue weighted by Gasteiger charge is 2.55. The predicted molar refractivity (Wildman–Crippen MR) is 255 cm³/mol. The third-order valence-electron chi connectivity index (χ3n) is 15.5. The van der Waals surface area contributed by atoms with E-state index in [9.17, 15) is 0 Å². The molecule has 10 atom stereocenters. The van der Waals surface area contributed by atoms with Gasteiger partial charge in [-0.1, -0.05) is 140 Å². The highest BCUT2D eigenvalue weighted by Crippen LogP contribution is 2.63. The van der Waals surface area contributed by atoms with Crippen molar-refractivity contribution < 1.29 is 0 Å². The molecule has 0 fully saturated rings. The van der Waals surface area contributed by atoms with Crippen LogP contribution in [0.1, 0.15) is 178 Å². The van der Waals surface area contributed by atoms with E-state index in [0.29, 0.717) is 47.3 Å². The highest BCUT2D eigenvalue weighted by atomic mass is 14.9. The van der Waals surface area contributed by atoms with E-state index in [1.807, 2.05) is 0 Å². The summed E-state index contributed by atoms with van der Waals surface area (Å²) in [6.07, 6.45) is 43.1. The van der Waals surface area contributed by atoms with Gasteiger partial charge in [-0.3, -0.25) is 0 Å². The molecule has 2 N–H and O–H groups in total. The molecule has 0 saturated heterocycles. The van der Waals surface area contributed by atoms with Gasteiger partial charge in [0, 0.05) is 24.1 Å². The van der Waals surface area contributed by atoms with Crippen LogP contribution < -0.4 is 5.32 Å². The molecule has 2 nitrogen and oxygen atoms in total. The van der Waals surface area contributed by atoms with Gasteiger partial charge < -0.3 is 10.7 Å². The van der Waals surface area contributed by atoms with E-state index in [0.717, 1.165) is 57.5 Å². The quantitative estimate of drug-likeness (QED) is 0.0443. The molecule has 0 aliphatic heterocycles. The van der Waals surface area contributed by atoms with Crippen LogP contribution in [0.25, 0.3) is 0 Å². The van der Waals surface area contributed by atoms with E-state index in [1.165, 1.54) is 82.6 Å². The fourth-order valence-electron chi connectivity index (χ4n) is 12.2. The topological polar surface area (TPSA) is 35.9 Å². The Morgan fingerprint density at radius 2 is 1.72 bits per heavy atom. The summed E-state index contributed by atoms with van der Waals surface area (Å²) in [5, 5.41) is 12.4. The third-order valence-corrected chi connectivity index (χ3v) is 15.5. The Hall–Kier alpha value is -2.19. The second kappa shape index (κ2) is 26.1. The first kappa shape index (κ1) is 49.2. The van der Waals surface area contributed by atoms with Crippen LogP contribution in [0.15, 0.2) is 84.1 Å². The molecular weight excluding hydrogens is 689 g/mol. The molecule has 3 rings (SSSR count). The summed E-state index contributed by atoms with van der Waals surface area (Å²) < 4.78 is 0. The first-order valence-electron chi connectivity index (χ1n) is 24.4. The summed E-state index contributed by atoms with van der Waals surface area (Å²) >= 11 is 0. The molecule has 0 saturated carbocycles. The average Bonchev–Trinajstić information content (AvgIpc) is 3.43. The molecule has 3 aliphatic carbocycles. The zero-order valence-electron chi connectivity index (χ0n) is 39.0. The standard InChI is InChI=1S/C55H92N2/c1-12-16-21-26-42(7)55(43(8)27-22-17-13-2)53(31-19-15-4)44(9)45(10)54(55)35-34-48-32-33-49(38-52(48)46(11)51(41(5)6)30-23-18-14-3)50(39-56)40-57-37-36-47-28-24-20-25-29-47/h12,15,17,22,24,28,33,38-39,41-43,45-48,50-51,54,56-57H,1,4,13-14,16,18-21,23,25-27,29-32,34-37,40H2,2-3,5-11H3/b22-17-,56-39?/t42-,43?,45-,46?,47-,48+,50-,51?,54?,55?/m0/s1. The van der Waals surface area contributed by atoms with Gasteiger partial charge in [0.15, 0.2) is 0 Å². The van der Waals surface area contributed by atoms with Crippen LogP contribution in [-0.2, 0) is 0 Å². The van der Waals surface area contributed by atoms with Gasteiger partial charge in [-0.2, -0.15) is 0 Å². The summed E-state index contributed by atoms with van der Waals surface area (Å²) in [4.78, 5) is 0. The third kappa shape index (κ3) is 13.4. The molecule has 322 valence electrons. The zero-order chi connectivity index (χ0) is 41.8. The largest absolute Gasteiger partial charge is 0.316 e. The van der Waals surface area contributed by atoms with Crippen molar-refractivity contribution in [1.82, 2.24) is 5.32 Å². The molecule has 0 aromatic carbocycles. The van der Waals surface area contributed by atoms with Crippen LogP contribution in [-0.4, -0.2) is 19.3 Å². The Morgan fingerprint density at radius 3 is 2.37 bits per heavy atom. The molecule has 0 aromatic heterocycles. The molecular formula is C55H92N2. The number of allylic oxidation sites excluding steroid dienone is 11. The maximum absolute atomic E-state index is 8.60. The second-order valence-corrected chi connectivity index (χ2v) is 19.4. The van der Waals surface area contributed by atoms with Crippen molar-refractivity contribution in [2.45, 2.75) is 178 Å². The Bertz CT molecular complexity index is 1350. The van der Waals surface area contributed by atoms with Gasteiger partial charge in [-0.15, -0.1) is 13.2 Å². The lowest BCUT2D eigenvalue weighted by Crippen LogP contribution is -2.43. The van der Waals surface area contributed by atoms with Crippen molar-refractivity contribution in [2.75, 3.05) is 13.1 Å². The van der Waals surface area contributed by atoms with E-state index in [4.69, 9.17) is 5.41 Å². The molecule has 0 radical (unpaired) electrons. The number of hydrogen-bond donors (Lipinski definition) is 2. The second-order valence-electron chi connectivity index (χ2n) is 19.4. The van der Waals surface area contributed by atoms with E-state index in [2.05, 4.69) is 129 Å². The van der Waals surface area contributed by atoms with E-state index >= 15 is 0 Å². The van der Waals surface area contributed by atoms with Gasteiger partial charge in [0.25, 0.3) is 0 Å². The fraction of sp³-hybridized carbons (Fsp3) is 0.727. The summed E-state index contributed by atoms with van der Waals surface area (Å²) in [6, 6.07) is 0. The number of nitrogens with one attached hydrogen (secondary N) is 2. The van der Waals surface area contributed by atoms with Crippen molar-refractivity contribution in [3.05, 3.63) is 84.1 Å². The van der Waals surface area contributed by atoms with Crippen LogP contribution in [0.3, 0.4) is 0 Å². The van der Waals surface area contributed by atoms with Crippen LogP contribution in [0.4, 0.5) is 0 Å². The zero-order valence-corrected chi connectivity index (χ0v) is 39.0. The minimum atomic E-state index is 0.142. The van der Waals surface area contributed by atoms with Crippen molar-refractivity contribution in [2.24, 2.45) is 64.6 Å². The number of rotatable bonds is 29. The van der Waals surface area contributed by atoms with Gasteiger partial charge in [-0.25, -0.2) is 0 Å². The molecule has 0 spiro atoms. The van der Waals surface area contributed by atoms with Gasteiger partial charge in [-0.05, 0) is 169 Å². The van der Waals surface area contributed by atoms with Crippen molar-refractivity contribution >= 4 is 6.21 Å². The summed E-state index contributed by atoms with van der Waals surface area (Å²) in [6.45, 7) is 32.7. The first-order valence-corrected chi connectivity index (χ1v) is 24.4. The first-order chi connectivity index (χ1) is 27.5. The lowest BCUT2D eigenvalue weighted by molar-refractivity contribution is 0.0367. The summed E-state index contributed by atoms with van der Waals surface area (Å²) in [5.74, 6) is 5.80. The van der Waals surface area contributed by atoms with Crippen LogP contribution in [0.5, 0.6) is 0 Å². The molecule has 3 aliphatic rings. The van der Waals surface area contributed by atoms with Gasteiger partial charge in [0.1, 0.15) is 0 Å². The van der Waals surface area contributed by atoms with Crippen molar-refractivity contribution in [3.8, 4) is 0 Å². The molecule has 5 unspecified atom stereocenters. The van der Waals surface area contributed by atoms with Crippen LogP contribution in [0.2, 0.25) is 0 Å². The maximum atomic E-state index is 8.60. The molecule has 57 heavy (non-hydrogen) atoms. The van der Waals surface area contributed by atoms with E-state index in [1.54, 1.807) is 22.9 Å². The lowest BCUT2D eigenvalue weighted by Gasteiger charge is -2.50. The Morgan fingerprint density at radius 1 is 0.947 bits per heavy atom. The maximum Gasteiger partial charge on any atom is 0.0308 e. The lowest BCUT2D eigenvalue weighted by atomic mass is 9.54. The van der Waals surface area contributed by atoms with Gasteiger partial charge in [0.05, 0.1) is 0 Å². The SMILES string of the molecule is C=CCCC[C@H](C)C1(C(C)C/C=C\CC)C(CCC=C)=C(C)[C@H](C)C1CC[C@H]1CC=C([C@@H](C=N)CNCC[C@H]2C=CCCC2)C=C1C(C)C(CCCCC)C(C)C. The van der Waals surface area contributed by atoms with E-state index in [-0.39, 0.29) is 11.3 Å². The molecule has 2 heteroatoms. The Balaban J connectivity index is 1.99. The molecule has 0 amide bonds. The summed E-state index contributed by atoms with van der Waals surface area (Å²) in [5.41, 5.74) is 6.77. The van der Waals surface area contributed by atoms with E-state index < -0.39 is 0 Å². The summed E-state index contributed by atoms with van der Waals surface area (Å²) in [7, 11) is 0. The molecule has 0 heterocycles. The normalized spacial score (nSPS) is 26.6. The van der Waals surface area contributed by atoms with Crippen LogP contribution in [0, 0.1) is 70.0 Å². The van der Waals surface area contributed by atoms with Gasteiger partial charge >= 0.3 is 0 Å². The number of unbranched alkanes of at least 4 members (excludes halogenated alkanes) is 3. The smallest absolute Gasteiger partial charge is 0.0308 e. The Labute approximate surface area is 355 Å². The monoisotopic (exact) mass is 781 g/mol. The molecule has 0 aromatic rings. The number of hydrogen-bond acceptors (Lipinski definition) is 2. The van der Waals surface area contributed by atoms with Gasteiger partial charge in [0.2, 0.25) is 0 Å². The van der Waals surface area contributed by atoms with Crippen molar-refractivity contribution in [3.63, 3.8) is 0 Å². The minimum Gasteiger partial charge on any atom is -0.316 e.